The molecule has 0 spiro atoms. The van der Waals surface area contributed by atoms with E-state index in [1.807, 2.05) is 27.2 Å². The number of carbonyl (C=O) groups is 1. The smallest absolute Gasteiger partial charge is 0.387 e. The first kappa shape index (κ1) is 35.0. The van der Waals surface area contributed by atoms with Crippen molar-refractivity contribution in [1.82, 2.24) is 5.32 Å². The maximum absolute atomic E-state index is 12.2. The van der Waals surface area contributed by atoms with Crippen LogP contribution in [0.15, 0.2) is 24.3 Å². The Morgan fingerprint density at radius 1 is 0.917 bits per heavy atom. The number of allylic oxidation sites excluding steroid dienone is 3. The molecular formula is C27H54N2O6P+. The molecule has 0 heterocycles. The number of phosphoric acid groups is 1. The zero-order chi connectivity index (χ0) is 27.3. The van der Waals surface area contributed by atoms with Crippen LogP contribution < -0.4 is 5.32 Å². The van der Waals surface area contributed by atoms with Crippen molar-refractivity contribution in [1.29, 1.82) is 0 Å². The molecule has 212 valence electrons. The molecule has 3 unspecified atom stereocenters. The summed E-state index contributed by atoms with van der Waals surface area (Å²) in [5.74, 6) is -0.279. The van der Waals surface area contributed by atoms with Gasteiger partial charge in [0.15, 0.2) is 0 Å². The Hall–Kier alpha value is -1.02. The molecule has 0 aliphatic rings. The van der Waals surface area contributed by atoms with Gasteiger partial charge in [-0.3, -0.25) is 13.8 Å². The van der Waals surface area contributed by atoms with E-state index in [2.05, 4.69) is 24.4 Å². The predicted molar refractivity (Wildman–Crippen MR) is 148 cm³/mol. The van der Waals surface area contributed by atoms with Crippen LogP contribution in [-0.2, 0) is 18.4 Å². The summed E-state index contributed by atoms with van der Waals surface area (Å²) in [6, 6.07) is -0.853. The van der Waals surface area contributed by atoms with Crippen LogP contribution in [0.1, 0.15) is 90.9 Å². The second-order valence-electron chi connectivity index (χ2n) is 10.4. The van der Waals surface area contributed by atoms with E-state index < -0.39 is 20.0 Å². The van der Waals surface area contributed by atoms with Crippen LogP contribution in [0, 0.1) is 0 Å². The van der Waals surface area contributed by atoms with Crippen LogP contribution in [0.25, 0.3) is 0 Å². The third-order valence-corrected chi connectivity index (χ3v) is 6.72. The molecule has 1 amide bonds. The van der Waals surface area contributed by atoms with Gasteiger partial charge in [0.2, 0.25) is 5.91 Å². The summed E-state index contributed by atoms with van der Waals surface area (Å²) < 4.78 is 22.8. The number of phosphoric ester groups is 1. The summed E-state index contributed by atoms with van der Waals surface area (Å²) >= 11 is 0. The van der Waals surface area contributed by atoms with Crippen LogP contribution >= 0.6 is 7.82 Å². The summed E-state index contributed by atoms with van der Waals surface area (Å²) in [4.78, 5) is 21.8. The number of unbranched alkanes of at least 4 members (excludes halogenated alkanes) is 9. The Bertz CT molecular complexity index is 663. The number of quaternary nitrogens is 1. The molecule has 0 fully saturated rings. The highest BCUT2D eigenvalue weighted by molar-refractivity contribution is 7.47. The normalized spacial score (nSPS) is 15.9. The quantitative estimate of drug-likeness (QED) is 0.0693. The molecule has 3 atom stereocenters. The van der Waals surface area contributed by atoms with Gasteiger partial charge in [0, 0.05) is 6.42 Å². The highest BCUT2D eigenvalue weighted by atomic mass is 31.2. The molecule has 3 N–H and O–H groups in total. The minimum atomic E-state index is -4.29. The summed E-state index contributed by atoms with van der Waals surface area (Å²) in [5, 5.41) is 13.2. The lowest BCUT2D eigenvalue weighted by atomic mass is 10.1. The SMILES string of the molecule is CCCCCCCCCC/C=C/CC/C=C/C(O)C(COP(=O)(O)OCC[N+](C)(C)C)NC(=O)CC. The van der Waals surface area contributed by atoms with E-state index in [4.69, 9.17) is 9.05 Å². The topological polar surface area (TPSA) is 105 Å². The highest BCUT2D eigenvalue weighted by Crippen LogP contribution is 2.43. The van der Waals surface area contributed by atoms with E-state index in [-0.39, 0.29) is 25.5 Å². The van der Waals surface area contributed by atoms with Crippen LogP contribution in [0.3, 0.4) is 0 Å². The number of amides is 1. The molecule has 36 heavy (non-hydrogen) atoms. The van der Waals surface area contributed by atoms with Gasteiger partial charge in [-0.05, 0) is 25.7 Å². The van der Waals surface area contributed by atoms with Crippen molar-refractivity contribution in [2.45, 2.75) is 103 Å². The minimum absolute atomic E-state index is 0.0539. The lowest BCUT2D eigenvalue weighted by Crippen LogP contribution is -2.45. The third-order valence-electron chi connectivity index (χ3n) is 5.74. The maximum atomic E-state index is 12.2. The second-order valence-corrected chi connectivity index (χ2v) is 11.8. The number of carbonyl (C=O) groups excluding carboxylic acids is 1. The lowest BCUT2D eigenvalue weighted by Gasteiger charge is -2.25. The molecule has 8 nitrogen and oxygen atoms in total. The number of nitrogens with one attached hydrogen (secondary N) is 1. The molecule has 0 aromatic carbocycles. The first-order valence-electron chi connectivity index (χ1n) is 13.7. The van der Waals surface area contributed by atoms with Crippen LogP contribution in [0.4, 0.5) is 0 Å². The molecule has 0 rings (SSSR count). The first-order valence-corrected chi connectivity index (χ1v) is 15.2. The molecule has 9 heteroatoms. The number of hydrogen-bond acceptors (Lipinski definition) is 5. The van der Waals surface area contributed by atoms with Crippen molar-refractivity contribution in [2.24, 2.45) is 0 Å². The van der Waals surface area contributed by atoms with Crippen molar-refractivity contribution in [3.8, 4) is 0 Å². The van der Waals surface area contributed by atoms with Crippen molar-refractivity contribution >= 4 is 13.7 Å². The van der Waals surface area contributed by atoms with Crippen LogP contribution in [-0.4, -0.2) is 73.4 Å². The molecule has 0 radical (unpaired) electrons. The number of likely N-dealkylation sites (N-methyl/N-ethyl adjacent to an activating group) is 1. The zero-order valence-corrected chi connectivity index (χ0v) is 24.4. The standard InChI is InChI=1S/C27H53N2O6P/c1-6-8-9-10-11-12-13-14-15-16-17-18-19-20-21-26(30)25(28-27(31)7-2)24-35-36(32,33)34-23-22-29(3,4)5/h16-17,20-21,25-26,30H,6-15,18-19,22-24H2,1-5H3,(H-,28,31,32,33)/p+1/b17-16+,21-20+. The summed E-state index contributed by atoms with van der Waals surface area (Å²) in [5.41, 5.74) is 0. The van der Waals surface area contributed by atoms with E-state index in [9.17, 15) is 19.4 Å². The Morgan fingerprint density at radius 3 is 2.11 bits per heavy atom. The van der Waals surface area contributed by atoms with Gasteiger partial charge in [0.1, 0.15) is 13.2 Å². The lowest BCUT2D eigenvalue weighted by molar-refractivity contribution is -0.870. The van der Waals surface area contributed by atoms with Crippen molar-refractivity contribution < 1.29 is 32.9 Å². The van der Waals surface area contributed by atoms with Gasteiger partial charge >= 0.3 is 7.82 Å². The van der Waals surface area contributed by atoms with E-state index in [0.29, 0.717) is 11.0 Å². The third kappa shape index (κ3) is 22.2. The van der Waals surface area contributed by atoms with E-state index >= 15 is 0 Å². The van der Waals surface area contributed by atoms with Crippen LogP contribution in [0.2, 0.25) is 0 Å². The number of rotatable bonds is 23. The second kappa shape index (κ2) is 21.0. The summed E-state index contributed by atoms with van der Waals surface area (Å²) in [7, 11) is 1.54. The monoisotopic (exact) mass is 533 g/mol. The van der Waals surface area contributed by atoms with Crippen LogP contribution in [0.5, 0.6) is 0 Å². The Balaban J connectivity index is 4.33. The fourth-order valence-electron chi connectivity index (χ4n) is 3.37. The molecule has 0 aliphatic carbocycles. The van der Waals surface area contributed by atoms with Crippen molar-refractivity contribution in [3.05, 3.63) is 24.3 Å². The van der Waals surface area contributed by atoms with E-state index in [1.165, 1.54) is 51.4 Å². The number of aliphatic hydroxyl groups excluding tert-OH is 1. The number of aliphatic hydroxyl groups is 1. The van der Waals surface area contributed by atoms with Gasteiger partial charge in [-0.1, -0.05) is 83.1 Å². The zero-order valence-electron chi connectivity index (χ0n) is 23.5. The minimum Gasteiger partial charge on any atom is -0.387 e. The van der Waals surface area contributed by atoms with Gasteiger partial charge in [0.05, 0.1) is 39.9 Å². The predicted octanol–water partition coefficient (Wildman–Crippen LogP) is 5.51. The van der Waals surface area contributed by atoms with Gasteiger partial charge in [0.25, 0.3) is 0 Å². The molecule has 0 saturated heterocycles. The Morgan fingerprint density at radius 2 is 1.50 bits per heavy atom. The molecule has 0 saturated carbocycles. The largest absolute Gasteiger partial charge is 0.472 e. The fraction of sp³-hybridized carbons (Fsp3) is 0.815. The van der Waals surface area contributed by atoms with Gasteiger partial charge in [-0.15, -0.1) is 0 Å². The Labute approximate surface area is 220 Å². The average molecular weight is 534 g/mol. The molecule has 0 aliphatic heterocycles. The number of nitrogens with zero attached hydrogens (tertiary/aromatic N) is 1. The first-order chi connectivity index (χ1) is 17.0. The van der Waals surface area contributed by atoms with Gasteiger partial charge in [-0.25, -0.2) is 4.57 Å². The van der Waals surface area contributed by atoms with Crippen molar-refractivity contribution in [2.75, 3.05) is 40.9 Å². The van der Waals surface area contributed by atoms with E-state index in [1.54, 1.807) is 13.0 Å². The summed E-state index contributed by atoms with van der Waals surface area (Å²) in [6.45, 7) is 4.18. The molecule has 0 bridgehead atoms. The van der Waals surface area contributed by atoms with E-state index in [0.717, 1.165) is 19.3 Å². The average Bonchev–Trinajstić information content (AvgIpc) is 2.80. The maximum Gasteiger partial charge on any atom is 0.472 e. The highest BCUT2D eigenvalue weighted by Gasteiger charge is 2.27. The van der Waals surface area contributed by atoms with Gasteiger partial charge < -0.3 is 19.8 Å². The molecule has 0 aromatic heterocycles. The van der Waals surface area contributed by atoms with Gasteiger partial charge in [-0.2, -0.15) is 0 Å². The molecular weight excluding hydrogens is 479 g/mol. The Kier molecular flexibility index (Phi) is 20.4. The fourth-order valence-corrected chi connectivity index (χ4v) is 4.11. The van der Waals surface area contributed by atoms with Crippen molar-refractivity contribution in [3.63, 3.8) is 0 Å². The summed E-state index contributed by atoms with van der Waals surface area (Å²) in [6.07, 6.45) is 20.3. The number of hydrogen-bond donors (Lipinski definition) is 3. The molecule has 0 aromatic rings.